The molecule has 0 aliphatic carbocycles. The van der Waals surface area contributed by atoms with E-state index in [0.717, 1.165) is 20.6 Å². The maximum Gasteiger partial charge on any atom is 0.124 e. The van der Waals surface area contributed by atoms with Crippen LogP contribution < -0.4 is 5.32 Å². The molecule has 0 radical (unpaired) electrons. The summed E-state index contributed by atoms with van der Waals surface area (Å²) in [7, 11) is 1.91. The monoisotopic (exact) mass is 371 g/mol. The summed E-state index contributed by atoms with van der Waals surface area (Å²) < 4.78 is 18.4. The van der Waals surface area contributed by atoms with Crippen LogP contribution in [0.25, 0.3) is 0 Å². The number of nitrogens with zero attached hydrogens (tertiary/aromatic N) is 2. The Morgan fingerprint density at radius 2 is 2.05 bits per heavy atom. The van der Waals surface area contributed by atoms with Gasteiger partial charge in [-0.3, -0.25) is 0 Å². The van der Waals surface area contributed by atoms with Gasteiger partial charge in [0, 0.05) is 15.9 Å². The first kappa shape index (κ1) is 16.5. The van der Waals surface area contributed by atoms with Crippen molar-refractivity contribution >= 4 is 27.5 Å². The van der Waals surface area contributed by atoms with Crippen molar-refractivity contribution in [3.8, 4) is 0 Å². The molecule has 0 aliphatic rings. The second kappa shape index (κ2) is 6.50. The Balaban J connectivity index is 2.31. The first-order valence-corrected chi connectivity index (χ1v) is 8.33. The normalized spacial score (nSPS) is 13.4. The minimum atomic E-state index is -0.229. The van der Waals surface area contributed by atoms with Gasteiger partial charge >= 0.3 is 0 Å². The van der Waals surface area contributed by atoms with Crippen LogP contribution in [-0.4, -0.2) is 16.6 Å². The summed E-state index contributed by atoms with van der Waals surface area (Å²) in [6.45, 7) is 6.37. The topological polar surface area (TPSA) is 37.8 Å². The molecule has 0 bridgehead atoms. The molecule has 1 aromatic heterocycles. The minimum absolute atomic E-state index is 0.0556. The zero-order chi connectivity index (χ0) is 15.6. The van der Waals surface area contributed by atoms with Crippen LogP contribution in [0, 0.1) is 5.82 Å². The predicted molar refractivity (Wildman–Crippen MR) is 88.2 cm³/mol. The van der Waals surface area contributed by atoms with Gasteiger partial charge < -0.3 is 5.32 Å². The van der Waals surface area contributed by atoms with Crippen LogP contribution in [0.2, 0.25) is 0 Å². The van der Waals surface area contributed by atoms with Crippen LogP contribution in [0.3, 0.4) is 0 Å². The number of halogens is 2. The van der Waals surface area contributed by atoms with Gasteiger partial charge in [0.1, 0.15) is 5.82 Å². The number of nitrogens with one attached hydrogen (secondary N) is 1. The fourth-order valence-corrected chi connectivity index (χ4v) is 3.72. The summed E-state index contributed by atoms with van der Waals surface area (Å²) in [5.74, 6) is -0.229. The third-order valence-electron chi connectivity index (χ3n) is 3.25. The van der Waals surface area contributed by atoms with Gasteiger partial charge in [-0.05, 0) is 48.8 Å². The van der Waals surface area contributed by atoms with E-state index in [1.807, 2.05) is 13.1 Å². The van der Waals surface area contributed by atoms with Gasteiger partial charge in [0.15, 0.2) is 0 Å². The van der Waals surface area contributed by atoms with Crippen molar-refractivity contribution in [2.24, 2.45) is 0 Å². The minimum Gasteiger partial charge on any atom is -0.312 e. The Labute approximate surface area is 137 Å². The highest BCUT2D eigenvalue weighted by molar-refractivity contribution is 9.10. The van der Waals surface area contributed by atoms with Gasteiger partial charge in [-0.25, -0.2) is 4.39 Å². The molecule has 0 spiro atoms. The molecule has 1 unspecified atom stereocenters. The quantitative estimate of drug-likeness (QED) is 0.873. The van der Waals surface area contributed by atoms with E-state index in [2.05, 4.69) is 51.6 Å². The van der Waals surface area contributed by atoms with Crippen molar-refractivity contribution in [2.45, 2.75) is 38.6 Å². The van der Waals surface area contributed by atoms with E-state index in [9.17, 15) is 4.39 Å². The van der Waals surface area contributed by atoms with Gasteiger partial charge in [0.2, 0.25) is 0 Å². The third kappa shape index (κ3) is 4.08. The fraction of sp³-hybridized carbons (Fsp3) is 0.467. The van der Waals surface area contributed by atoms with Crippen molar-refractivity contribution in [3.63, 3.8) is 0 Å². The molecular formula is C15H19BrFN3S. The molecule has 2 aromatic rings. The molecule has 114 valence electrons. The van der Waals surface area contributed by atoms with Crippen molar-refractivity contribution < 1.29 is 4.39 Å². The van der Waals surface area contributed by atoms with E-state index in [0.29, 0.717) is 6.42 Å². The van der Waals surface area contributed by atoms with Crippen LogP contribution >= 0.6 is 27.5 Å². The van der Waals surface area contributed by atoms with Crippen LogP contribution in [0.1, 0.15) is 42.9 Å². The molecule has 0 saturated heterocycles. The van der Waals surface area contributed by atoms with Crippen LogP contribution in [0.15, 0.2) is 22.7 Å². The molecule has 0 fully saturated rings. The summed E-state index contributed by atoms with van der Waals surface area (Å²) in [5.41, 5.74) is 1.89. The van der Waals surface area contributed by atoms with Gasteiger partial charge in [0.25, 0.3) is 0 Å². The highest BCUT2D eigenvalue weighted by atomic mass is 79.9. The number of benzene rings is 1. The second-order valence-corrected chi connectivity index (χ2v) is 7.76. The molecule has 0 amide bonds. The first-order valence-electron chi connectivity index (χ1n) is 6.76. The molecular weight excluding hydrogens is 353 g/mol. The van der Waals surface area contributed by atoms with Crippen LogP contribution in [0.5, 0.6) is 0 Å². The molecule has 0 aliphatic heterocycles. The van der Waals surface area contributed by atoms with E-state index in [4.69, 9.17) is 0 Å². The summed E-state index contributed by atoms with van der Waals surface area (Å²) >= 11 is 4.74. The molecule has 1 atom stereocenters. The van der Waals surface area contributed by atoms with Crippen molar-refractivity contribution in [1.82, 2.24) is 14.9 Å². The number of likely N-dealkylation sites (N-methyl/N-ethyl adjacent to an activating group) is 1. The zero-order valence-corrected chi connectivity index (χ0v) is 15.0. The summed E-state index contributed by atoms with van der Waals surface area (Å²) in [5, 5.41) is 7.58. The number of hydrogen-bond acceptors (Lipinski definition) is 4. The first-order chi connectivity index (χ1) is 9.81. The third-order valence-corrected chi connectivity index (χ3v) is 4.55. The number of hydrogen-bond donors (Lipinski definition) is 1. The lowest BCUT2D eigenvalue weighted by molar-refractivity contribution is 0.529. The summed E-state index contributed by atoms with van der Waals surface area (Å²) in [6.07, 6.45) is 0.694. The van der Waals surface area contributed by atoms with E-state index in [1.165, 1.54) is 17.6 Å². The molecule has 21 heavy (non-hydrogen) atoms. The predicted octanol–water partition coefficient (Wildman–Crippen LogP) is 4.24. The standard InChI is InChI=1S/C15H19BrFN3S/c1-15(2,3)14-13(21-20-19-14)12(18-4)7-9-5-10(16)8-11(17)6-9/h5-6,8,12,18H,7H2,1-4H3. The summed E-state index contributed by atoms with van der Waals surface area (Å²) in [4.78, 5) is 1.12. The van der Waals surface area contributed by atoms with Gasteiger partial charge in [0.05, 0.1) is 10.6 Å². The molecule has 3 nitrogen and oxygen atoms in total. The maximum atomic E-state index is 13.5. The smallest absolute Gasteiger partial charge is 0.124 e. The Morgan fingerprint density at radius 3 is 2.62 bits per heavy atom. The Kier molecular flexibility index (Phi) is 5.11. The maximum absolute atomic E-state index is 13.5. The molecule has 1 N–H and O–H groups in total. The van der Waals surface area contributed by atoms with E-state index in [-0.39, 0.29) is 17.3 Å². The Hall–Kier alpha value is -0.850. The van der Waals surface area contributed by atoms with E-state index in [1.54, 1.807) is 6.07 Å². The second-order valence-electron chi connectivity index (χ2n) is 6.06. The largest absolute Gasteiger partial charge is 0.312 e. The fourth-order valence-electron chi connectivity index (χ4n) is 2.24. The molecule has 0 saturated carbocycles. The average Bonchev–Trinajstić information content (AvgIpc) is 2.83. The average molecular weight is 372 g/mol. The van der Waals surface area contributed by atoms with Crippen molar-refractivity contribution in [1.29, 1.82) is 0 Å². The van der Waals surface area contributed by atoms with Crippen LogP contribution in [0.4, 0.5) is 4.39 Å². The van der Waals surface area contributed by atoms with Gasteiger partial charge in [-0.2, -0.15) is 0 Å². The molecule has 1 aromatic carbocycles. The van der Waals surface area contributed by atoms with Gasteiger partial charge in [-0.1, -0.05) is 41.2 Å². The number of aromatic nitrogens is 2. The lowest BCUT2D eigenvalue weighted by atomic mass is 9.89. The Bertz CT molecular complexity index is 601. The van der Waals surface area contributed by atoms with Crippen molar-refractivity contribution in [3.05, 3.63) is 44.6 Å². The van der Waals surface area contributed by atoms with E-state index < -0.39 is 0 Å². The number of rotatable bonds is 4. The molecule has 6 heteroatoms. The van der Waals surface area contributed by atoms with Gasteiger partial charge in [-0.15, -0.1) is 5.10 Å². The lowest BCUT2D eigenvalue weighted by Crippen LogP contribution is -2.23. The highest BCUT2D eigenvalue weighted by Crippen LogP contribution is 2.32. The van der Waals surface area contributed by atoms with Crippen LogP contribution in [-0.2, 0) is 11.8 Å². The Morgan fingerprint density at radius 1 is 1.33 bits per heavy atom. The summed E-state index contributed by atoms with van der Waals surface area (Å²) in [6, 6.07) is 5.05. The SMILES string of the molecule is CNC(Cc1cc(F)cc(Br)c1)c1snnc1C(C)(C)C. The highest BCUT2D eigenvalue weighted by Gasteiger charge is 2.26. The molecule has 1 heterocycles. The van der Waals surface area contributed by atoms with Crippen molar-refractivity contribution in [2.75, 3.05) is 7.05 Å². The zero-order valence-electron chi connectivity index (χ0n) is 12.6. The van der Waals surface area contributed by atoms with E-state index >= 15 is 0 Å². The lowest BCUT2D eigenvalue weighted by Gasteiger charge is -2.21. The molecule has 2 rings (SSSR count).